The summed E-state index contributed by atoms with van der Waals surface area (Å²) < 4.78 is 12.9. The normalized spacial score (nSPS) is 23.1. The van der Waals surface area contributed by atoms with Gasteiger partial charge in [0.1, 0.15) is 12.0 Å². The van der Waals surface area contributed by atoms with Crippen molar-refractivity contribution >= 4 is 5.91 Å². The number of hydrazine groups is 1. The lowest BCUT2D eigenvalue weighted by Crippen LogP contribution is -2.46. The molecule has 0 radical (unpaired) electrons. The van der Waals surface area contributed by atoms with E-state index in [9.17, 15) is 9.18 Å². The summed E-state index contributed by atoms with van der Waals surface area (Å²) in [7, 11) is 0. The van der Waals surface area contributed by atoms with Crippen LogP contribution in [0.5, 0.6) is 0 Å². The topological polar surface area (TPSA) is 77.0 Å². The Morgan fingerprint density at radius 3 is 3.12 bits per heavy atom. The number of rotatable bonds is 2. The van der Waals surface area contributed by atoms with Crippen molar-refractivity contribution in [2.75, 3.05) is 6.54 Å². The number of halogens is 1. The molecule has 0 bridgehead atoms. The first kappa shape index (κ1) is 11.5. The Kier molecular flexibility index (Phi) is 3.32. The van der Waals surface area contributed by atoms with Crippen molar-refractivity contribution in [3.05, 3.63) is 35.6 Å². The van der Waals surface area contributed by atoms with Crippen LogP contribution in [0.15, 0.2) is 24.3 Å². The highest BCUT2D eigenvalue weighted by molar-refractivity contribution is 5.94. The largest absolute Gasteiger partial charge is 0.334 e. The van der Waals surface area contributed by atoms with E-state index in [0.717, 1.165) is 6.07 Å². The molecule has 1 amide bonds. The first-order valence-electron chi connectivity index (χ1n) is 5.15. The van der Waals surface area contributed by atoms with E-state index in [0.29, 0.717) is 6.54 Å². The Hall–Kier alpha value is -1.97. The molecule has 0 aromatic heterocycles. The third-order valence-electron chi connectivity index (χ3n) is 2.52. The summed E-state index contributed by atoms with van der Waals surface area (Å²) in [4.78, 5) is 11.8. The zero-order valence-electron chi connectivity index (χ0n) is 8.90. The molecule has 2 unspecified atom stereocenters. The first-order chi connectivity index (χ1) is 8.20. The molecule has 17 heavy (non-hydrogen) atoms. The molecule has 0 spiro atoms. The molecular formula is C11H11FN4O. The van der Waals surface area contributed by atoms with Gasteiger partial charge in [0.05, 0.1) is 12.0 Å². The van der Waals surface area contributed by atoms with Gasteiger partial charge in [-0.3, -0.25) is 10.2 Å². The van der Waals surface area contributed by atoms with Crippen molar-refractivity contribution in [2.24, 2.45) is 5.92 Å². The average molecular weight is 234 g/mol. The Bertz CT molecular complexity index is 471. The molecule has 1 aromatic carbocycles. The van der Waals surface area contributed by atoms with Crippen LogP contribution in [-0.2, 0) is 0 Å². The maximum atomic E-state index is 12.9. The molecule has 1 aliphatic heterocycles. The number of nitriles is 1. The van der Waals surface area contributed by atoms with Crippen molar-refractivity contribution < 1.29 is 9.18 Å². The first-order valence-corrected chi connectivity index (χ1v) is 5.15. The van der Waals surface area contributed by atoms with Crippen LogP contribution >= 0.6 is 0 Å². The lowest BCUT2D eigenvalue weighted by atomic mass is 10.1. The minimum absolute atomic E-state index is 0.232. The van der Waals surface area contributed by atoms with E-state index in [-0.39, 0.29) is 11.5 Å². The molecule has 1 aromatic rings. The van der Waals surface area contributed by atoms with Crippen molar-refractivity contribution in [1.82, 2.24) is 16.2 Å². The summed E-state index contributed by atoms with van der Waals surface area (Å²) in [6.07, 6.45) is -0.462. The molecule has 0 saturated carbocycles. The van der Waals surface area contributed by atoms with Crippen LogP contribution in [-0.4, -0.2) is 18.6 Å². The Balaban J connectivity index is 2.05. The second-order valence-electron chi connectivity index (χ2n) is 3.72. The fourth-order valence-corrected chi connectivity index (χ4v) is 1.61. The summed E-state index contributed by atoms with van der Waals surface area (Å²) in [5, 5.41) is 11.4. The SMILES string of the molecule is N#CC1CNNC1NC(=O)c1cccc(F)c1. The van der Waals surface area contributed by atoms with Gasteiger partial charge in [-0.1, -0.05) is 6.07 Å². The summed E-state index contributed by atoms with van der Waals surface area (Å²) in [5.74, 6) is -1.22. The molecule has 1 heterocycles. The van der Waals surface area contributed by atoms with Crippen LogP contribution in [0.2, 0.25) is 0 Å². The third-order valence-corrected chi connectivity index (χ3v) is 2.52. The number of amides is 1. The molecule has 1 fully saturated rings. The van der Waals surface area contributed by atoms with Crippen LogP contribution in [0.4, 0.5) is 4.39 Å². The fourth-order valence-electron chi connectivity index (χ4n) is 1.61. The van der Waals surface area contributed by atoms with Crippen LogP contribution < -0.4 is 16.2 Å². The lowest BCUT2D eigenvalue weighted by Gasteiger charge is -2.14. The highest BCUT2D eigenvalue weighted by atomic mass is 19.1. The Morgan fingerprint density at radius 2 is 2.41 bits per heavy atom. The van der Waals surface area contributed by atoms with E-state index in [1.54, 1.807) is 0 Å². The van der Waals surface area contributed by atoms with Crippen LogP contribution in [0.1, 0.15) is 10.4 Å². The van der Waals surface area contributed by atoms with Gasteiger partial charge in [0.25, 0.3) is 5.91 Å². The number of carbonyl (C=O) groups is 1. The summed E-state index contributed by atoms with van der Waals surface area (Å²) >= 11 is 0. The van der Waals surface area contributed by atoms with Crippen LogP contribution in [0.3, 0.4) is 0 Å². The van der Waals surface area contributed by atoms with Crippen molar-refractivity contribution in [3.8, 4) is 6.07 Å². The van der Waals surface area contributed by atoms with Crippen LogP contribution in [0, 0.1) is 23.1 Å². The second kappa shape index (κ2) is 4.91. The molecule has 1 saturated heterocycles. The quantitative estimate of drug-likeness (QED) is 0.679. The zero-order chi connectivity index (χ0) is 12.3. The zero-order valence-corrected chi connectivity index (χ0v) is 8.90. The molecular weight excluding hydrogens is 223 g/mol. The Labute approximate surface area is 97.6 Å². The smallest absolute Gasteiger partial charge is 0.252 e. The average Bonchev–Trinajstić information content (AvgIpc) is 2.76. The molecule has 0 aliphatic carbocycles. The molecule has 6 heteroatoms. The summed E-state index contributed by atoms with van der Waals surface area (Å²) in [5.41, 5.74) is 5.79. The van der Waals surface area contributed by atoms with E-state index in [4.69, 9.17) is 5.26 Å². The van der Waals surface area contributed by atoms with Gasteiger partial charge >= 0.3 is 0 Å². The van der Waals surface area contributed by atoms with Gasteiger partial charge in [0, 0.05) is 12.1 Å². The molecule has 1 aliphatic rings. The standard InChI is InChI=1S/C11H11FN4O/c12-9-3-1-2-7(4-9)11(17)15-10-8(5-13)6-14-16-10/h1-4,8,10,14,16H,6H2,(H,15,17). The van der Waals surface area contributed by atoms with Crippen molar-refractivity contribution in [2.45, 2.75) is 6.17 Å². The maximum absolute atomic E-state index is 12.9. The fraction of sp³-hybridized carbons (Fsp3) is 0.273. The number of hydrogen-bond acceptors (Lipinski definition) is 4. The van der Waals surface area contributed by atoms with Gasteiger partial charge in [-0.25, -0.2) is 9.82 Å². The monoisotopic (exact) mass is 234 g/mol. The summed E-state index contributed by atoms with van der Waals surface area (Å²) in [6, 6.07) is 7.47. The van der Waals surface area contributed by atoms with Gasteiger partial charge < -0.3 is 5.32 Å². The highest BCUT2D eigenvalue weighted by Gasteiger charge is 2.28. The maximum Gasteiger partial charge on any atom is 0.252 e. The minimum Gasteiger partial charge on any atom is -0.334 e. The Morgan fingerprint density at radius 1 is 1.59 bits per heavy atom. The van der Waals surface area contributed by atoms with Gasteiger partial charge in [0.2, 0.25) is 0 Å². The molecule has 2 rings (SSSR count). The minimum atomic E-state index is -0.466. The number of benzene rings is 1. The van der Waals surface area contributed by atoms with Crippen molar-refractivity contribution in [3.63, 3.8) is 0 Å². The number of carbonyl (C=O) groups excluding carboxylic acids is 1. The van der Waals surface area contributed by atoms with Gasteiger partial charge in [-0.05, 0) is 18.2 Å². The number of hydrogen-bond donors (Lipinski definition) is 3. The summed E-state index contributed by atoms with van der Waals surface area (Å²) in [6.45, 7) is 0.463. The molecule has 3 N–H and O–H groups in total. The highest BCUT2D eigenvalue weighted by Crippen LogP contribution is 2.07. The van der Waals surface area contributed by atoms with Crippen LogP contribution in [0.25, 0.3) is 0 Å². The lowest BCUT2D eigenvalue weighted by molar-refractivity contribution is 0.0926. The third kappa shape index (κ3) is 2.58. The number of nitrogens with zero attached hydrogens (tertiary/aromatic N) is 1. The van der Waals surface area contributed by atoms with E-state index in [2.05, 4.69) is 22.2 Å². The van der Waals surface area contributed by atoms with E-state index >= 15 is 0 Å². The van der Waals surface area contributed by atoms with Gasteiger partial charge in [-0.15, -0.1) is 0 Å². The van der Waals surface area contributed by atoms with E-state index in [1.807, 2.05) is 0 Å². The van der Waals surface area contributed by atoms with Crippen molar-refractivity contribution in [1.29, 1.82) is 5.26 Å². The molecule has 5 nitrogen and oxygen atoms in total. The predicted molar refractivity (Wildman–Crippen MR) is 57.9 cm³/mol. The van der Waals surface area contributed by atoms with E-state index in [1.165, 1.54) is 18.2 Å². The molecule has 88 valence electrons. The number of nitrogens with one attached hydrogen (secondary N) is 3. The van der Waals surface area contributed by atoms with Gasteiger partial charge in [-0.2, -0.15) is 5.26 Å². The van der Waals surface area contributed by atoms with E-state index < -0.39 is 17.9 Å². The predicted octanol–water partition coefficient (Wildman–Crippen LogP) is 0.129. The second-order valence-corrected chi connectivity index (χ2v) is 3.72. The van der Waals surface area contributed by atoms with Gasteiger partial charge in [0.15, 0.2) is 0 Å². The molecule has 2 atom stereocenters.